The van der Waals surface area contributed by atoms with E-state index in [4.69, 9.17) is 34.8 Å². The quantitative estimate of drug-likeness (QED) is 0.346. The van der Waals surface area contributed by atoms with Crippen LogP contribution in [0.15, 0.2) is 48.5 Å². The van der Waals surface area contributed by atoms with E-state index in [0.29, 0.717) is 27.2 Å². The lowest BCUT2D eigenvalue weighted by Crippen LogP contribution is -2.47. The van der Waals surface area contributed by atoms with E-state index in [1.165, 1.54) is 0 Å². The summed E-state index contributed by atoms with van der Waals surface area (Å²) in [6, 6.07) is 15.4. The smallest absolute Gasteiger partial charge is 0.253 e. The van der Waals surface area contributed by atoms with E-state index in [9.17, 15) is 4.79 Å². The maximum Gasteiger partial charge on any atom is 0.253 e. The van der Waals surface area contributed by atoms with Crippen LogP contribution in [0.4, 0.5) is 5.69 Å². The highest BCUT2D eigenvalue weighted by molar-refractivity contribution is 6.43. The topological polar surface area (TPSA) is 40.5 Å². The van der Waals surface area contributed by atoms with E-state index in [-0.39, 0.29) is 18.3 Å². The van der Waals surface area contributed by atoms with Crippen molar-refractivity contribution in [2.75, 3.05) is 44.2 Å². The van der Waals surface area contributed by atoms with E-state index >= 15 is 0 Å². The largest absolute Gasteiger partial charge is 0.368 e. The highest BCUT2D eigenvalue weighted by Crippen LogP contribution is 2.33. The van der Waals surface area contributed by atoms with Crippen LogP contribution in [0.25, 0.3) is 11.3 Å². The number of hydrogen-bond donors (Lipinski definition) is 1. The first-order valence-corrected chi connectivity index (χ1v) is 12.6. The number of halogens is 4. The summed E-state index contributed by atoms with van der Waals surface area (Å²) in [5.74, 6) is -0.0336. The monoisotopic (exact) mass is 554 g/mol. The first kappa shape index (κ1) is 27.7. The average Bonchev–Trinajstić information content (AvgIpc) is 3.14. The molecule has 0 saturated carbocycles. The van der Waals surface area contributed by atoms with Crippen molar-refractivity contribution < 1.29 is 4.79 Å². The minimum absolute atomic E-state index is 0. The SMILES string of the molecule is Cc1c(C(=O)NCCCN2CCN(c3cccc(Cl)c3Cl)CC2)cc(-c2ccc(Cl)cc2)n1C.Cl. The molecule has 0 spiro atoms. The second-order valence-electron chi connectivity index (χ2n) is 8.61. The molecule has 1 fully saturated rings. The Kier molecular flexibility index (Phi) is 9.79. The van der Waals surface area contributed by atoms with Crippen LogP contribution in [0.2, 0.25) is 15.1 Å². The molecule has 1 saturated heterocycles. The fourth-order valence-corrected chi connectivity index (χ4v) is 4.92. The number of benzene rings is 2. The Hall–Kier alpha value is -1.89. The standard InChI is InChI=1S/C26H29Cl3N4O.ClH/c1-18-21(17-24(31(18)2)19-7-9-20(27)10-8-19)26(34)30-11-4-12-32-13-15-33(16-14-32)23-6-3-5-22(28)25(23)29;/h3,5-10,17H,4,11-16H2,1-2H3,(H,30,34);1H. The van der Waals surface area contributed by atoms with Crippen LogP contribution in [0, 0.1) is 6.92 Å². The summed E-state index contributed by atoms with van der Waals surface area (Å²) < 4.78 is 2.05. The molecule has 2 aromatic carbocycles. The second-order valence-corrected chi connectivity index (χ2v) is 9.83. The number of nitrogens with one attached hydrogen (secondary N) is 1. The Balaban J connectivity index is 0.00000342. The van der Waals surface area contributed by atoms with Crippen LogP contribution < -0.4 is 10.2 Å². The summed E-state index contributed by atoms with van der Waals surface area (Å²) >= 11 is 18.6. The third-order valence-electron chi connectivity index (χ3n) is 6.50. The molecule has 1 aliphatic heterocycles. The Morgan fingerprint density at radius 3 is 2.37 bits per heavy atom. The number of rotatable bonds is 7. The Labute approximate surface area is 228 Å². The van der Waals surface area contributed by atoms with Gasteiger partial charge in [-0.15, -0.1) is 12.4 Å². The van der Waals surface area contributed by atoms with E-state index in [1.807, 2.05) is 67.1 Å². The van der Waals surface area contributed by atoms with Gasteiger partial charge in [-0.1, -0.05) is 53.0 Å². The molecule has 1 aliphatic rings. The molecule has 1 amide bonds. The molecule has 3 aromatic rings. The second kappa shape index (κ2) is 12.4. The van der Waals surface area contributed by atoms with Crippen LogP contribution in [0.3, 0.4) is 0 Å². The van der Waals surface area contributed by atoms with E-state index in [1.54, 1.807) is 0 Å². The van der Waals surface area contributed by atoms with Crippen molar-refractivity contribution in [2.45, 2.75) is 13.3 Å². The lowest BCUT2D eigenvalue weighted by molar-refractivity contribution is 0.0951. The molecule has 188 valence electrons. The maximum absolute atomic E-state index is 12.8. The van der Waals surface area contributed by atoms with Crippen LogP contribution in [-0.4, -0.2) is 54.6 Å². The minimum Gasteiger partial charge on any atom is -0.368 e. The Bertz CT molecular complexity index is 1150. The predicted molar refractivity (Wildman–Crippen MR) is 150 cm³/mol. The minimum atomic E-state index is -0.0336. The summed E-state index contributed by atoms with van der Waals surface area (Å²) in [6.45, 7) is 7.29. The van der Waals surface area contributed by atoms with E-state index < -0.39 is 0 Å². The predicted octanol–water partition coefficient (Wildman–Crippen LogP) is 6.32. The number of carbonyl (C=O) groups is 1. The molecule has 0 bridgehead atoms. The molecule has 35 heavy (non-hydrogen) atoms. The van der Waals surface area contributed by atoms with Gasteiger partial charge in [0, 0.05) is 56.2 Å². The van der Waals surface area contributed by atoms with Crippen molar-refractivity contribution in [3.8, 4) is 11.3 Å². The molecule has 1 aromatic heterocycles. The van der Waals surface area contributed by atoms with Crippen LogP contribution in [0.1, 0.15) is 22.5 Å². The molecule has 5 nitrogen and oxygen atoms in total. The molecule has 0 aliphatic carbocycles. The number of amides is 1. The molecule has 9 heteroatoms. The number of piperazine rings is 1. The van der Waals surface area contributed by atoms with Crippen molar-refractivity contribution >= 4 is 58.8 Å². The summed E-state index contributed by atoms with van der Waals surface area (Å²) in [5.41, 5.74) is 4.68. The molecule has 0 radical (unpaired) electrons. The highest BCUT2D eigenvalue weighted by atomic mass is 35.5. The summed E-state index contributed by atoms with van der Waals surface area (Å²) in [6.07, 6.45) is 0.902. The summed E-state index contributed by atoms with van der Waals surface area (Å²) in [5, 5.41) is 4.99. The van der Waals surface area contributed by atoms with Gasteiger partial charge in [0.25, 0.3) is 5.91 Å². The van der Waals surface area contributed by atoms with Gasteiger partial charge in [0.15, 0.2) is 0 Å². The number of nitrogens with zero attached hydrogens (tertiary/aromatic N) is 3. The van der Waals surface area contributed by atoms with Crippen molar-refractivity contribution in [3.05, 3.63) is 74.9 Å². The summed E-state index contributed by atoms with van der Waals surface area (Å²) in [7, 11) is 1.98. The third-order valence-corrected chi connectivity index (χ3v) is 7.56. The lowest BCUT2D eigenvalue weighted by atomic mass is 10.1. The molecular weight excluding hydrogens is 526 g/mol. The zero-order valence-corrected chi connectivity index (χ0v) is 22.9. The third kappa shape index (κ3) is 6.46. The molecule has 0 atom stereocenters. The van der Waals surface area contributed by atoms with Gasteiger partial charge < -0.3 is 14.8 Å². The molecular formula is C26H30Cl4N4O. The van der Waals surface area contributed by atoms with Crippen LogP contribution in [-0.2, 0) is 7.05 Å². The highest BCUT2D eigenvalue weighted by Gasteiger charge is 2.20. The van der Waals surface area contributed by atoms with Gasteiger partial charge in [-0.25, -0.2) is 0 Å². The molecule has 2 heterocycles. The van der Waals surface area contributed by atoms with Crippen LogP contribution >= 0.6 is 47.2 Å². The van der Waals surface area contributed by atoms with Gasteiger partial charge >= 0.3 is 0 Å². The average molecular weight is 556 g/mol. The van der Waals surface area contributed by atoms with Gasteiger partial charge in [-0.2, -0.15) is 0 Å². The lowest BCUT2D eigenvalue weighted by Gasteiger charge is -2.36. The van der Waals surface area contributed by atoms with Gasteiger partial charge in [0.1, 0.15) is 0 Å². The first-order valence-electron chi connectivity index (χ1n) is 11.5. The number of hydrogen-bond acceptors (Lipinski definition) is 3. The van der Waals surface area contributed by atoms with Gasteiger partial charge in [0.2, 0.25) is 0 Å². The summed E-state index contributed by atoms with van der Waals surface area (Å²) in [4.78, 5) is 17.5. The van der Waals surface area contributed by atoms with Crippen molar-refractivity contribution in [1.29, 1.82) is 0 Å². The van der Waals surface area contributed by atoms with Crippen LogP contribution in [0.5, 0.6) is 0 Å². The zero-order valence-electron chi connectivity index (χ0n) is 19.9. The normalized spacial score (nSPS) is 14.0. The molecule has 1 N–H and O–H groups in total. The fraction of sp³-hybridized carbons (Fsp3) is 0.346. The zero-order chi connectivity index (χ0) is 24.2. The number of anilines is 1. The fourth-order valence-electron chi connectivity index (χ4n) is 4.38. The van der Waals surface area contributed by atoms with E-state index in [2.05, 4.69) is 15.1 Å². The first-order chi connectivity index (χ1) is 16.3. The van der Waals surface area contributed by atoms with Crippen molar-refractivity contribution in [1.82, 2.24) is 14.8 Å². The van der Waals surface area contributed by atoms with Crippen molar-refractivity contribution in [3.63, 3.8) is 0 Å². The number of carbonyl (C=O) groups excluding carboxylic acids is 1. The number of aromatic nitrogens is 1. The van der Waals surface area contributed by atoms with Crippen molar-refractivity contribution in [2.24, 2.45) is 7.05 Å². The van der Waals surface area contributed by atoms with Gasteiger partial charge in [-0.05, 0) is 55.8 Å². The van der Waals surface area contributed by atoms with Gasteiger partial charge in [-0.3, -0.25) is 9.69 Å². The Morgan fingerprint density at radius 1 is 1.00 bits per heavy atom. The maximum atomic E-state index is 12.8. The van der Waals surface area contributed by atoms with E-state index in [0.717, 1.165) is 61.8 Å². The Morgan fingerprint density at radius 2 is 1.69 bits per heavy atom. The van der Waals surface area contributed by atoms with Gasteiger partial charge in [0.05, 0.1) is 21.3 Å². The molecule has 0 unspecified atom stereocenters. The molecule has 4 rings (SSSR count).